The average Bonchev–Trinajstić information content (AvgIpc) is 2.09. The zero-order valence-corrected chi connectivity index (χ0v) is 13.9. The van der Waals surface area contributed by atoms with E-state index in [2.05, 4.69) is 0 Å². The van der Waals surface area contributed by atoms with Gasteiger partial charge in [-0.2, -0.15) is 0 Å². The predicted molar refractivity (Wildman–Crippen MR) is 45.1 cm³/mol. The summed E-state index contributed by atoms with van der Waals surface area (Å²) >= 11 is 0. The van der Waals surface area contributed by atoms with Gasteiger partial charge >= 0.3 is 64.8 Å². The molecule has 0 aliphatic carbocycles. The maximum Gasteiger partial charge on any atom is 1.00 e. The Morgan fingerprint density at radius 1 is 0.944 bits per heavy atom. The van der Waals surface area contributed by atoms with E-state index in [9.17, 15) is 29.4 Å². The first-order chi connectivity index (χ1) is 7.40. The maximum absolute atomic E-state index is 11.2. The van der Waals surface area contributed by atoms with Crippen molar-refractivity contribution in [1.29, 1.82) is 0 Å². The summed E-state index contributed by atoms with van der Waals surface area (Å²) in [5.41, 5.74) is -2.52. The van der Waals surface area contributed by atoms with Crippen molar-refractivity contribution >= 4 is 11.9 Å². The van der Waals surface area contributed by atoms with Gasteiger partial charge in [0.15, 0.2) is 0 Å². The Morgan fingerprint density at radius 3 is 1.89 bits per heavy atom. The molecule has 1 aromatic rings. The number of carbonyl (C=O) groups excluding carboxylic acids is 2. The molecule has 8 nitrogen and oxygen atoms in total. The largest absolute Gasteiger partial charge is 1.00 e. The molecule has 10 heteroatoms. The monoisotopic (exact) mass is 272 g/mol. The van der Waals surface area contributed by atoms with Crippen LogP contribution in [-0.2, 0) is 22.4 Å². The number of carboxylic acids is 2. The molecule has 0 saturated heterocycles. The molecular formula is C8H6N2Na2O6. The van der Waals surface area contributed by atoms with Gasteiger partial charge < -0.3 is 24.8 Å². The van der Waals surface area contributed by atoms with Crippen molar-refractivity contribution in [1.82, 2.24) is 9.97 Å². The van der Waals surface area contributed by atoms with Crippen LogP contribution in [0, 0.1) is 0 Å². The molecule has 0 fully saturated rings. The molecule has 1 aromatic heterocycles. The molecule has 18 heavy (non-hydrogen) atoms. The quantitative estimate of drug-likeness (QED) is 0.520. The molecule has 0 spiro atoms. The minimum absolute atomic E-state index is 0. The first kappa shape index (κ1) is 19.9. The van der Waals surface area contributed by atoms with Crippen LogP contribution in [0.3, 0.4) is 0 Å². The summed E-state index contributed by atoms with van der Waals surface area (Å²) in [6, 6.07) is 0. The topological polar surface area (TPSA) is 146 Å². The smallest absolute Gasteiger partial charge is 0.550 e. The van der Waals surface area contributed by atoms with Gasteiger partial charge in [-0.15, -0.1) is 0 Å². The molecule has 86 valence electrons. The summed E-state index contributed by atoms with van der Waals surface area (Å²) < 4.78 is 0. The Bertz CT molecular complexity index is 549. The van der Waals surface area contributed by atoms with Gasteiger partial charge in [-0.25, -0.2) is 4.79 Å². The second-order valence-electron chi connectivity index (χ2n) is 2.96. The molecule has 0 radical (unpaired) electrons. The third-order valence-electron chi connectivity index (χ3n) is 1.77. The summed E-state index contributed by atoms with van der Waals surface area (Å²) in [7, 11) is 0. The van der Waals surface area contributed by atoms with Crippen LogP contribution >= 0.6 is 0 Å². The van der Waals surface area contributed by atoms with Crippen LogP contribution in [0.15, 0.2) is 9.59 Å². The molecule has 2 N–H and O–H groups in total. The van der Waals surface area contributed by atoms with Crippen molar-refractivity contribution in [2.75, 3.05) is 0 Å². The molecule has 0 aliphatic heterocycles. The molecular weight excluding hydrogens is 266 g/mol. The Kier molecular flexibility index (Phi) is 9.61. The van der Waals surface area contributed by atoms with Gasteiger partial charge in [-0.1, -0.05) is 0 Å². The van der Waals surface area contributed by atoms with Crippen LogP contribution < -0.4 is 80.6 Å². The minimum atomic E-state index is -1.56. The molecule has 0 atom stereocenters. The average molecular weight is 272 g/mol. The van der Waals surface area contributed by atoms with Crippen molar-refractivity contribution < 1.29 is 78.9 Å². The number of aliphatic carboxylic acids is 2. The SMILES string of the molecule is O=C([O-])Cc1[nH]c(=O)[nH]c(=O)c1CC(=O)[O-].[Na+].[Na+]. The molecule has 0 unspecified atom stereocenters. The number of aromatic nitrogens is 2. The maximum atomic E-state index is 11.2. The van der Waals surface area contributed by atoms with Gasteiger partial charge in [0, 0.05) is 36.0 Å². The van der Waals surface area contributed by atoms with E-state index in [1.165, 1.54) is 0 Å². The Labute approximate surface area is 144 Å². The van der Waals surface area contributed by atoms with Gasteiger partial charge in [0.1, 0.15) is 0 Å². The number of carbonyl (C=O) groups is 2. The number of H-pyrrole nitrogens is 2. The van der Waals surface area contributed by atoms with Crippen LogP contribution in [0.5, 0.6) is 0 Å². The molecule has 0 aromatic carbocycles. The van der Waals surface area contributed by atoms with E-state index in [1.54, 1.807) is 4.98 Å². The van der Waals surface area contributed by atoms with Gasteiger partial charge in [0.25, 0.3) is 5.56 Å². The summed E-state index contributed by atoms with van der Waals surface area (Å²) in [5.74, 6) is -3.10. The normalized spacial score (nSPS) is 8.89. The Morgan fingerprint density at radius 2 is 1.44 bits per heavy atom. The molecule has 0 aliphatic rings. The number of aromatic amines is 2. The summed E-state index contributed by atoms with van der Waals surface area (Å²) in [4.78, 5) is 46.5. The second kappa shape index (κ2) is 8.68. The first-order valence-electron chi connectivity index (χ1n) is 4.14. The van der Waals surface area contributed by atoms with Crippen molar-refractivity contribution in [3.05, 3.63) is 32.1 Å². The standard InChI is InChI=1S/C8H8N2O6.2Na/c11-5(12)1-3-4(2-6(13)14)9-8(16)10-7(3)15;;/h1-2H2,(H,11,12)(H,13,14)(H2,9,10,15,16);;/q;2*+1/p-2. The van der Waals surface area contributed by atoms with Gasteiger partial charge in [-0.05, 0) is 0 Å². The van der Waals surface area contributed by atoms with Crippen molar-refractivity contribution in [2.45, 2.75) is 12.8 Å². The van der Waals surface area contributed by atoms with Crippen molar-refractivity contribution in [3.63, 3.8) is 0 Å². The third kappa shape index (κ3) is 5.98. The fourth-order valence-corrected chi connectivity index (χ4v) is 1.19. The molecule has 0 bridgehead atoms. The van der Waals surface area contributed by atoms with Gasteiger partial charge in [-0.3, -0.25) is 9.78 Å². The van der Waals surface area contributed by atoms with E-state index >= 15 is 0 Å². The van der Waals surface area contributed by atoms with E-state index < -0.39 is 36.0 Å². The number of rotatable bonds is 4. The first-order valence-corrected chi connectivity index (χ1v) is 4.14. The summed E-state index contributed by atoms with van der Waals surface area (Å²) in [5, 5.41) is 20.6. The van der Waals surface area contributed by atoms with Crippen LogP contribution in [0.25, 0.3) is 0 Å². The zero-order chi connectivity index (χ0) is 12.3. The molecule has 0 amide bonds. The molecule has 1 heterocycles. The van der Waals surface area contributed by atoms with E-state index in [-0.39, 0.29) is 70.4 Å². The molecule has 1 rings (SSSR count). The zero-order valence-electron chi connectivity index (χ0n) is 9.86. The van der Waals surface area contributed by atoms with Gasteiger partial charge in [0.2, 0.25) is 0 Å². The van der Waals surface area contributed by atoms with Crippen LogP contribution in [0.1, 0.15) is 11.3 Å². The van der Waals surface area contributed by atoms with Crippen LogP contribution in [0.4, 0.5) is 0 Å². The fourth-order valence-electron chi connectivity index (χ4n) is 1.19. The van der Waals surface area contributed by atoms with E-state index in [0.29, 0.717) is 0 Å². The second-order valence-corrected chi connectivity index (χ2v) is 2.96. The number of hydrogen-bond acceptors (Lipinski definition) is 6. The Balaban J connectivity index is 0. The van der Waals surface area contributed by atoms with Crippen LogP contribution in [-0.4, -0.2) is 21.9 Å². The summed E-state index contributed by atoms with van der Waals surface area (Å²) in [6.45, 7) is 0. The third-order valence-corrected chi connectivity index (χ3v) is 1.77. The van der Waals surface area contributed by atoms with Crippen LogP contribution in [0.2, 0.25) is 0 Å². The fraction of sp³-hybridized carbons (Fsp3) is 0.250. The van der Waals surface area contributed by atoms with E-state index in [4.69, 9.17) is 0 Å². The predicted octanol–water partition coefficient (Wildman–Crippen LogP) is -10.3. The summed E-state index contributed by atoms with van der Waals surface area (Å²) in [6.07, 6.45) is -1.53. The number of nitrogens with one attached hydrogen (secondary N) is 2. The molecule has 0 saturated carbocycles. The number of carboxylic acid groups (broad SMARTS) is 2. The van der Waals surface area contributed by atoms with E-state index in [0.717, 1.165) is 0 Å². The van der Waals surface area contributed by atoms with Crippen molar-refractivity contribution in [2.24, 2.45) is 0 Å². The van der Waals surface area contributed by atoms with E-state index in [1.807, 2.05) is 4.98 Å². The van der Waals surface area contributed by atoms with Crippen molar-refractivity contribution in [3.8, 4) is 0 Å². The van der Waals surface area contributed by atoms with Gasteiger partial charge in [0.05, 0.1) is 0 Å². The Hall–Kier alpha value is -0.380. The minimum Gasteiger partial charge on any atom is -0.550 e. The number of hydrogen-bond donors (Lipinski definition) is 2.